The summed E-state index contributed by atoms with van der Waals surface area (Å²) in [5, 5.41) is 3.01. The average molecular weight is 329 g/mol. The molecule has 5 heteroatoms. The van der Waals surface area contributed by atoms with E-state index in [1.54, 1.807) is 0 Å². The van der Waals surface area contributed by atoms with Gasteiger partial charge >= 0.3 is 0 Å². The molecule has 0 spiro atoms. The van der Waals surface area contributed by atoms with Gasteiger partial charge in [-0.05, 0) is 34.7 Å². The normalized spacial score (nSPS) is 11.2. The maximum atomic E-state index is 4.62. The largest absolute Gasteiger partial charge is 0.357 e. The van der Waals surface area contributed by atoms with E-state index < -0.39 is 0 Å². The van der Waals surface area contributed by atoms with Crippen molar-refractivity contribution in [1.82, 2.24) is 9.97 Å². The standard InChI is InChI=1S/C14H25BrN4/c1-6-11(7-2)19(9-10(3)4)13-12(15)8-17-14(16-5)18-13/h8,10-11H,6-7,9H2,1-5H3,(H,16,17,18). The second-order valence-electron chi connectivity index (χ2n) is 5.13. The number of hydrogen-bond donors (Lipinski definition) is 1. The van der Waals surface area contributed by atoms with Gasteiger partial charge in [0.15, 0.2) is 0 Å². The maximum Gasteiger partial charge on any atom is 0.224 e. The van der Waals surface area contributed by atoms with Gasteiger partial charge in [0.05, 0.1) is 4.47 Å². The van der Waals surface area contributed by atoms with Gasteiger partial charge in [-0.3, -0.25) is 0 Å². The van der Waals surface area contributed by atoms with Gasteiger partial charge < -0.3 is 10.2 Å². The zero-order valence-corrected chi connectivity index (χ0v) is 14.2. The molecule has 0 aliphatic heterocycles. The van der Waals surface area contributed by atoms with Crippen LogP contribution in [0.4, 0.5) is 11.8 Å². The molecule has 0 bridgehead atoms. The van der Waals surface area contributed by atoms with Crippen LogP contribution in [0.1, 0.15) is 40.5 Å². The first-order chi connectivity index (χ1) is 9.03. The molecule has 0 aromatic carbocycles. The van der Waals surface area contributed by atoms with Gasteiger partial charge in [0, 0.05) is 25.8 Å². The lowest BCUT2D eigenvalue weighted by atomic mass is 10.1. The number of nitrogens with zero attached hydrogens (tertiary/aromatic N) is 3. The van der Waals surface area contributed by atoms with Crippen molar-refractivity contribution in [2.75, 3.05) is 23.8 Å². The average Bonchev–Trinajstić information content (AvgIpc) is 2.39. The van der Waals surface area contributed by atoms with Gasteiger partial charge in [-0.15, -0.1) is 0 Å². The van der Waals surface area contributed by atoms with E-state index in [0.29, 0.717) is 17.9 Å². The number of halogens is 1. The molecule has 0 aliphatic carbocycles. The van der Waals surface area contributed by atoms with Crippen molar-refractivity contribution in [2.45, 2.75) is 46.6 Å². The SMILES string of the molecule is CCC(CC)N(CC(C)C)c1nc(NC)ncc1Br. The van der Waals surface area contributed by atoms with E-state index in [1.807, 2.05) is 13.2 Å². The van der Waals surface area contributed by atoms with Gasteiger partial charge in [-0.2, -0.15) is 4.98 Å². The van der Waals surface area contributed by atoms with Crippen LogP contribution in [0.5, 0.6) is 0 Å². The van der Waals surface area contributed by atoms with E-state index >= 15 is 0 Å². The third kappa shape index (κ3) is 4.34. The van der Waals surface area contributed by atoms with E-state index in [2.05, 4.69) is 63.8 Å². The second-order valence-corrected chi connectivity index (χ2v) is 5.99. The highest BCUT2D eigenvalue weighted by Crippen LogP contribution is 2.28. The Labute approximate surface area is 125 Å². The Balaban J connectivity index is 3.15. The third-order valence-electron chi connectivity index (χ3n) is 3.17. The molecular weight excluding hydrogens is 304 g/mol. The first kappa shape index (κ1) is 16.2. The highest BCUT2D eigenvalue weighted by molar-refractivity contribution is 9.10. The van der Waals surface area contributed by atoms with Crippen molar-refractivity contribution in [3.8, 4) is 0 Å². The van der Waals surface area contributed by atoms with Crippen molar-refractivity contribution in [3.63, 3.8) is 0 Å². The zero-order chi connectivity index (χ0) is 14.4. The molecule has 1 heterocycles. The summed E-state index contributed by atoms with van der Waals surface area (Å²) >= 11 is 3.58. The fourth-order valence-electron chi connectivity index (χ4n) is 2.21. The fourth-order valence-corrected chi connectivity index (χ4v) is 2.63. The summed E-state index contributed by atoms with van der Waals surface area (Å²) in [7, 11) is 1.84. The lowest BCUT2D eigenvalue weighted by Crippen LogP contribution is -2.38. The Morgan fingerprint density at radius 2 is 1.95 bits per heavy atom. The Morgan fingerprint density at radius 1 is 1.32 bits per heavy atom. The van der Waals surface area contributed by atoms with Gasteiger partial charge in [-0.25, -0.2) is 4.98 Å². The lowest BCUT2D eigenvalue weighted by molar-refractivity contribution is 0.502. The summed E-state index contributed by atoms with van der Waals surface area (Å²) < 4.78 is 0.957. The number of nitrogens with one attached hydrogen (secondary N) is 1. The summed E-state index contributed by atoms with van der Waals surface area (Å²) in [6, 6.07) is 0.512. The predicted octanol–water partition coefficient (Wildman–Crippen LogP) is 3.93. The van der Waals surface area contributed by atoms with Crippen molar-refractivity contribution < 1.29 is 0 Å². The van der Waals surface area contributed by atoms with Crippen molar-refractivity contribution in [1.29, 1.82) is 0 Å². The molecule has 0 fully saturated rings. The third-order valence-corrected chi connectivity index (χ3v) is 3.73. The summed E-state index contributed by atoms with van der Waals surface area (Å²) in [6.07, 6.45) is 4.06. The molecule has 0 saturated heterocycles. The number of rotatable bonds is 7. The van der Waals surface area contributed by atoms with Crippen LogP contribution in [0.25, 0.3) is 0 Å². The lowest BCUT2D eigenvalue weighted by Gasteiger charge is -2.33. The maximum absolute atomic E-state index is 4.62. The topological polar surface area (TPSA) is 41.1 Å². The number of anilines is 2. The summed E-state index contributed by atoms with van der Waals surface area (Å²) in [4.78, 5) is 11.3. The van der Waals surface area contributed by atoms with Crippen LogP contribution < -0.4 is 10.2 Å². The molecule has 0 saturated carbocycles. The predicted molar refractivity (Wildman–Crippen MR) is 85.8 cm³/mol. The highest BCUT2D eigenvalue weighted by Gasteiger charge is 2.21. The molecule has 0 atom stereocenters. The molecule has 0 aliphatic rings. The molecular formula is C14H25BrN4. The molecule has 1 aromatic heterocycles. The molecule has 0 amide bonds. The molecule has 1 rings (SSSR count). The van der Waals surface area contributed by atoms with Crippen LogP contribution in [0.15, 0.2) is 10.7 Å². The van der Waals surface area contributed by atoms with Crippen molar-refractivity contribution in [3.05, 3.63) is 10.7 Å². The Bertz CT molecular complexity index is 391. The van der Waals surface area contributed by atoms with Crippen molar-refractivity contribution in [2.24, 2.45) is 5.92 Å². The number of hydrogen-bond acceptors (Lipinski definition) is 4. The molecule has 1 N–H and O–H groups in total. The second kappa shape index (κ2) is 7.68. The first-order valence-corrected chi connectivity index (χ1v) is 7.79. The van der Waals surface area contributed by atoms with Crippen LogP contribution in [0.3, 0.4) is 0 Å². The molecule has 0 radical (unpaired) electrons. The molecule has 4 nitrogen and oxygen atoms in total. The summed E-state index contributed by atoms with van der Waals surface area (Å²) in [5.41, 5.74) is 0. The summed E-state index contributed by atoms with van der Waals surface area (Å²) in [6.45, 7) is 9.95. The van der Waals surface area contributed by atoms with Crippen molar-refractivity contribution >= 4 is 27.7 Å². The quantitative estimate of drug-likeness (QED) is 0.823. The van der Waals surface area contributed by atoms with Crippen LogP contribution in [-0.4, -0.2) is 29.6 Å². The smallest absolute Gasteiger partial charge is 0.224 e. The fraction of sp³-hybridized carbons (Fsp3) is 0.714. The Morgan fingerprint density at radius 3 is 2.42 bits per heavy atom. The van der Waals surface area contributed by atoms with E-state index in [9.17, 15) is 0 Å². The van der Waals surface area contributed by atoms with Gasteiger partial charge in [0.2, 0.25) is 5.95 Å². The Hall–Kier alpha value is -0.840. The minimum Gasteiger partial charge on any atom is -0.357 e. The molecule has 1 aromatic rings. The van der Waals surface area contributed by atoms with Crippen LogP contribution in [0.2, 0.25) is 0 Å². The summed E-state index contributed by atoms with van der Waals surface area (Å²) in [5.74, 6) is 2.25. The molecule has 19 heavy (non-hydrogen) atoms. The Kier molecular flexibility index (Phi) is 6.55. The minimum absolute atomic E-state index is 0.512. The van der Waals surface area contributed by atoms with Gasteiger partial charge in [-0.1, -0.05) is 27.7 Å². The zero-order valence-electron chi connectivity index (χ0n) is 12.6. The van der Waals surface area contributed by atoms with Crippen LogP contribution in [-0.2, 0) is 0 Å². The van der Waals surface area contributed by atoms with Gasteiger partial charge in [0.25, 0.3) is 0 Å². The van der Waals surface area contributed by atoms with E-state index in [4.69, 9.17) is 0 Å². The van der Waals surface area contributed by atoms with Crippen LogP contribution in [0, 0.1) is 5.92 Å². The molecule has 0 unspecified atom stereocenters. The monoisotopic (exact) mass is 328 g/mol. The van der Waals surface area contributed by atoms with Gasteiger partial charge in [0.1, 0.15) is 5.82 Å². The van der Waals surface area contributed by atoms with E-state index in [0.717, 1.165) is 29.7 Å². The van der Waals surface area contributed by atoms with Crippen LogP contribution >= 0.6 is 15.9 Å². The van der Waals surface area contributed by atoms with E-state index in [1.165, 1.54) is 0 Å². The first-order valence-electron chi connectivity index (χ1n) is 7.00. The van der Waals surface area contributed by atoms with E-state index in [-0.39, 0.29) is 0 Å². The highest BCUT2D eigenvalue weighted by atomic mass is 79.9. The minimum atomic E-state index is 0.512. The number of aromatic nitrogens is 2. The molecule has 108 valence electrons.